The molecule has 2 aromatic carbocycles. The first-order valence-electron chi connectivity index (χ1n) is 6.96. The number of carboxylic acid groups (broad SMARTS) is 1. The van der Waals surface area contributed by atoms with Crippen LogP contribution >= 0.6 is 23.2 Å². The van der Waals surface area contributed by atoms with Crippen molar-refractivity contribution >= 4 is 35.1 Å². The van der Waals surface area contributed by atoms with Gasteiger partial charge in [-0.1, -0.05) is 59.6 Å². The molecule has 0 aliphatic carbocycles. The number of benzene rings is 2. The Morgan fingerprint density at radius 1 is 1.00 bits per heavy atom. The Morgan fingerprint density at radius 2 is 1.61 bits per heavy atom. The minimum absolute atomic E-state index is 0.0222. The number of nitrogens with one attached hydrogen (secondary N) is 1. The molecule has 0 aliphatic heterocycles. The van der Waals surface area contributed by atoms with Gasteiger partial charge in [0.05, 0.1) is 6.42 Å². The normalized spacial score (nSPS) is 11.7. The lowest BCUT2D eigenvalue weighted by Gasteiger charge is -2.16. The molecule has 2 N–H and O–H groups in total. The van der Waals surface area contributed by atoms with Crippen LogP contribution in [0.4, 0.5) is 0 Å². The quantitative estimate of drug-likeness (QED) is 0.838. The van der Waals surface area contributed by atoms with E-state index in [1.165, 1.54) is 0 Å². The summed E-state index contributed by atoms with van der Waals surface area (Å²) in [4.78, 5) is 23.5. The molecule has 0 saturated carbocycles. The second kappa shape index (κ2) is 7.99. The highest BCUT2D eigenvalue weighted by Crippen LogP contribution is 2.25. The van der Waals surface area contributed by atoms with E-state index in [1.807, 2.05) is 18.2 Å². The maximum absolute atomic E-state index is 12.0. The second-order valence-corrected chi connectivity index (χ2v) is 5.84. The fourth-order valence-electron chi connectivity index (χ4n) is 2.16. The third-order valence-corrected chi connectivity index (χ3v) is 4.02. The van der Waals surface area contributed by atoms with Crippen LogP contribution in [0.1, 0.15) is 11.1 Å². The maximum atomic E-state index is 12.0. The molecule has 0 bridgehead atoms. The molecule has 0 heterocycles. The standard InChI is InChI=1S/C17H15Cl2NO3/c18-13-7-4-8-14(19)12(13)10-15(17(22)23)20-16(21)9-11-5-2-1-3-6-11/h1-8,15H,9-10H2,(H,20,21)(H,22,23)/t15-/m1/s1. The molecular weight excluding hydrogens is 337 g/mol. The topological polar surface area (TPSA) is 66.4 Å². The van der Waals surface area contributed by atoms with Crippen LogP contribution < -0.4 is 5.32 Å². The number of aliphatic carboxylic acids is 1. The predicted molar refractivity (Wildman–Crippen MR) is 89.9 cm³/mol. The lowest BCUT2D eigenvalue weighted by Crippen LogP contribution is -2.43. The molecule has 0 unspecified atom stereocenters. The number of carbonyl (C=O) groups is 2. The molecule has 0 saturated heterocycles. The van der Waals surface area contributed by atoms with Crippen molar-refractivity contribution in [2.45, 2.75) is 18.9 Å². The van der Waals surface area contributed by atoms with Gasteiger partial charge in [0.15, 0.2) is 0 Å². The van der Waals surface area contributed by atoms with E-state index in [9.17, 15) is 14.7 Å². The van der Waals surface area contributed by atoms with Crippen LogP contribution in [0, 0.1) is 0 Å². The van der Waals surface area contributed by atoms with Crippen molar-refractivity contribution in [3.05, 3.63) is 69.7 Å². The first kappa shape index (κ1) is 17.3. The first-order valence-corrected chi connectivity index (χ1v) is 7.72. The van der Waals surface area contributed by atoms with Crippen molar-refractivity contribution in [2.24, 2.45) is 0 Å². The van der Waals surface area contributed by atoms with Crippen molar-refractivity contribution in [3.63, 3.8) is 0 Å². The van der Waals surface area contributed by atoms with Gasteiger partial charge in [0.25, 0.3) is 0 Å². The van der Waals surface area contributed by atoms with Crippen LogP contribution in [0.15, 0.2) is 48.5 Å². The number of hydrogen-bond acceptors (Lipinski definition) is 2. The van der Waals surface area contributed by atoms with Gasteiger partial charge in [0.1, 0.15) is 6.04 Å². The first-order chi connectivity index (χ1) is 11.0. The van der Waals surface area contributed by atoms with Crippen molar-refractivity contribution in [2.75, 3.05) is 0 Å². The van der Waals surface area contributed by atoms with Gasteiger partial charge in [0.2, 0.25) is 5.91 Å². The lowest BCUT2D eigenvalue weighted by molar-refractivity contribution is -0.141. The molecule has 0 fully saturated rings. The molecule has 4 nitrogen and oxygen atoms in total. The Balaban J connectivity index is 2.07. The molecular formula is C17H15Cl2NO3. The fourth-order valence-corrected chi connectivity index (χ4v) is 2.71. The maximum Gasteiger partial charge on any atom is 0.326 e. The highest BCUT2D eigenvalue weighted by Gasteiger charge is 2.22. The van der Waals surface area contributed by atoms with Gasteiger partial charge in [-0.25, -0.2) is 4.79 Å². The van der Waals surface area contributed by atoms with Crippen molar-refractivity contribution < 1.29 is 14.7 Å². The average Bonchev–Trinajstić information content (AvgIpc) is 2.50. The van der Waals surface area contributed by atoms with E-state index >= 15 is 0 Å². The minimum Gasteiger partial charge on any atom is -0.480 e. The van der Waals surface area contributed by atoms with Crippen LogP contribution in [-0.4, -0.2) is 23.0 Å². The van der Waals surface area contributed by atoms with E-state index < -0.39 is 12.0 Å². The molecule has 2 aromatic rings. The van der Waals surface area contributed by atoms with Gasteiger partial charge in [-0.3, -0.25) is 4.79 Å². The van der Waals surface area contributed by atoms with E-state index in [2.05, 4.69) is 5.32 Å². The van der Waals surface area contributed by atoms with Crippen LogP contribution in [0.3, 0.4) is 0 Å². The lowest BCUT2D eigenvalue weighted by atomic mass is 10.0. The smallest absolute Gasteiger partial charge is 0.326 e. The minimum atomic E-state index is -1.14. The summed E-state index contributed by atoms with van der Waals surface area (Å²) in [7, 11) is 0. The van der Waals surface area contributed by atoms with Gasteiger partial charge in [-0.15, -0.1) is 0 Å². The molecule has 0 aliphatic rings. The summed E-state index contributed by atoms with van der Waals surface area (Å²) in [6, 6.07) is 12.9. The number of rotatable bonds is 6. The molecule has 0 radical (unpaired) electrons. The SMILES string of the molecule is O=C(Cc1ccccc1)N[C@H](Cc1c(Cl)cccc1Cl)C(=O)O. The fraction of sp³-hybridized carbons (Fsp3) is 0.176. The van der Waals surface area contributed by atoms with Crippen molar-refractivity contribution in [3.8, 4) is 0 Å². The van der Waals surface area contributed by atoms with Gasteiger partial charge < -0.3 is 10.4 Å². The van der Waals surface area contributed by atoms with Gasteiger partial charge in [-0.05, 0) is 23.3 Å². The van der Waals surface area contributed by atoms with Gasteiger partial charge >= 0.3 is 5.97 Å². The molecule has 1 atom stereocenters. The molecule has 2 rings (SSSR count). The van der Waals surface area contributed by atoms with E-state index in [-0.39, 0.29) is 18.7 Å². The van der Waals surface area contributed by atoms with Crippen LogP contribution in [0.25, 0.3) is 0 Å². The summed E-state index contributed by atoms with van der Waals surface area (Å²) in [6.45, 7) is 0. The summed E-state index contributed by atoms with van der Waals surface area (Å²) in [5.74, 6) is -1.51. The van der Waals surface area contributed by atoms with E-state index in [1.54, 1.807) is 30.3 Å². The molecule has 0 aromatic heterocycles. The monoisotopic (exact) mass is 351 g/mol. The van der Waals surface area contributed by atoms with Crippen LogP contribution in [0.2, 0.25) is 10.0 Å². The molecule has 1 amide bonds. The molecule has 0 spiro atoms. The number of hydrogen-bond donors (Lipinski definition) is 2. The van der Waals surface area contributed by atoms with Crippen molar-refractivity contribution in [1.29, 1.82) is 0 Å². The number of carbonyl (C=O) groups excluding carboxylic acids is 1. The molecule has 23 heavy (non-hydrogen) atoms. The highest BCUT2D eigenvalue weighted by molar-refractivity contribution is 6.36. The highest BCUT2D eigenvalue weighted by atomic mass is 35.5. The summed E-state index contributed by atoms with van der Waals surface area (Å²) in [5, 5.41) is 12.6. The average molecular weight is 352 g/mol. The Kier molecular flexibility index (Phi) is 6.02. The zero-order chi connectivity index (χ0) is 16.8. The van der Waals surface area contributed by atoms with E-state index in [0.717, 1.165) is 5.56 Å². The number of carboxylic acids is 1. The zero-order valence-corrected chi connectivity index (χ0v) is 13.6. The van der Waals surface area contributed by atoms with Crippen LogP contribution in [-0.2, 0) is 22.4 Å². The Labute approximate surface area is 144 Å². The van der Waals surface area contributed by atoms with E-state index in [0.29, 0.717) is 15.6 Å². The third kappa shape index (κ3) is 4.98. The summed E-state index contributed by atoms with van der Waals surface area (Å²) >= 11 is 12.1. The molecule has 120 valence electrons. The Morgan fingerprint density at radius 3 is 2.17 bits per heavy atom. The number of halogens is 2. The Hall–Kier alpha value is -2.04. The molecule has 6 heteroatoms. The largest absolute Gasteiger partial charge is 0.480 e. The van der Waals surface area contributed by atoms with Gasteiger partial charge in [-0.2, -0.15) is 0 Å². The summed E-state index contributed by atoms with van der Waals surface area (Å²) in [6.07, 6.45) is 0.134. The zero-order valence-electron chi connectivity index (χ0n) is 12.1. The van der Waals surface area contributed by atoms with Crippen molar-refractivity contribution in [1.82, 2.24) is 5.32 Å². The third-order valence-electron chi connectivity index (χ3n) is 3.31. The predicted octanol–water partition coefficient (Wildman–Crippen LogP) is 3.35. The summed E-state index contributed by atoms with van der Waals surface area (Å²) in [5.41, 5.74) is 1.31. The summed E-state index contributed by atoms with van der Waals surface area (Å²) < 4.78 is 0. The van der Waals surface area contributed by atoms with Crippen LogP contribution in [0.5, 0.6) is 0 Å². The van der Waals surface area contributed by atoms with Gasteiger partial charge in [0, 0.05) is 16.5 Å². The Bertz CT molecular complexity index is 684. The second-order valence-electron chi connectivity index (χ2n) is 5.03. The number of amides is 1. The van der Waals surface area contributed by atoms with E-state index in [4.69, 9.17) is 23.2 Å².